The number of rotatable bonds is 4. The fraction of sp³-hybridized carbons (Fsp3) is 0.0357. The zero-order valence-electron chi connectivity index (χ0n) is 16.9. The maximum Gasteiger partial charge on any atom is 0.101 e. The number of hydrogen-bond donors (Lipinski definition) is 0. The molecule has 5 aromatic rings. The molecule has 5 rings (SSSR count). The average Bonchev–Trinajstić information content (AvgIpc) is 3.22. The summed E-state index contributed by atoms with van der Waals surface area (Å²) in [5.41, 5.74) is 8.96. The largest absolute Gasteiger partial charge is 0.232 e. The van der Waals surface area contributed by atoms with Gasteiger partial charge in [0.25, 0.3) is 0 Å². The van der Waals surface area contributed by atoms with Crippen molar-refractivity contribution in [3.05, 3.63) is 121 Å². The van der Waals surface area contributed by atoms with E-state index in [0.717, 1.165) is 33.8 Å². The van der Waals surface area contributed by atoms with Crippen molar-refractivity contribution in [3.8, 4) is 39.3 Å². The normalized spacial score (nSPS) is 10.8. The summed E-state index contributed by atoms with van der Waals surface area (Å²) in [6.07, 6.45) is 0. The molecule has 0 aliphatic heterocycles. The Kier molecular flexibility index (Phi) is 4.74. The van der Waals surface area contributed by atoms with Crippen LogP contribution in [0.15, 0.2) is 115 Å². The van der Waals surface area contributed by atoms with Gasteiger partial charge in [0.05, 0.1) is 11.4 Å². The third-order valence-electron chi connectivity index (χ3n) is 5.32. The lowest BCUT2D eigenvalue weighted by atomic mass is 9.95. The molecule has 0 unspecified atom stereocenters. The van der Waals surface area contributed by atoms with E-state index in [0.29, 0.717) is 0 Å². The lowest BCUT2D eigenvalue weighted by Gasteiger charge is -2.11. The Bertz CT molecular complexity index is 1250. The molecule has 0 saturated carbocycles. The van der Waals surface area contributed by atoms with Gasteiger partial charge in [-0.25, -0.2) is 4.68 Å². The molecular weight excluding hydrogens is 364 g/mol. The topological polar surface area (TPSA) is 17.8 Å². The van der Waals surface area contributed by atoms with E-state index < -0.39 is 0 Å². The van der Waals surface area contributed by atoms with Crippen LogP contribution < -0.4 is 0 Å². The highest BCUT2D eigenvalue weighted by atomic mass is 15.3. The standard InChI is InChI=1S/C28H22N2/c1-21-17-19-22(20-18-21)26-27(23-11-5-2-6-12-23)29-30(25-15-9-4-10-16-25)28(26)24-13-7-3-8-14-24/h2-20H,1H3. The van der Waals surface area contributed by atoms with Gasteiger partial charge >= 0.3 is 0 Å². The van der Waals surface area contributed by atoms with Gasteiger partial charge in [-0.15, -0.1) is 0 Å². The molecule has 2 heteroatoms. The first-order valence-corrected chi connectivity index (χ1v) is 10.2. The molecule has 2 nitrogen and oxygen atoms in total. The van der Waals surface area contributed by atoms with Crippen LogP contribution in [0, 0.1) is 6.92 Å². The van der Waals surface area contributed by atoms with Crippen LogP contribution in [0.25, 0.3) is 39.3 Å². The van der Waals surface area contributed by atoms with Gasteiger partial charge in [0.1, 0.15) is 5.69 Å². The summed E-state index contributed by atoms with van der Waals surface area (Å²) in [6.45, 7) is 2.12. The molecular formula is C28H22N2. The van der Waals surface area contributed by atoms with Crippen LogP contribution in [0.1, 0.15) is 5.56 Å². The second-order valence-electron chi connectivity index (χ2n) is 7.42. The molecule has 1 heterocycles. The van der Waals surface area contributed by atoms with E-state index in [2.05, 4.69) is 115 Å². The minimum atomic E-state index is 0.988. The van der Waals surface area contributed by atoms with Crippen LogP contribution in [-0.4, -0.2) is 9.78 Å². The van der Waals surface area contributed by atoms with Crippen molar-refractivity contribution in [2.45, 2.75) is 6.92 Å². The summed E-state index contributed by atoms with van der Waals surface area (Å²) in [7, 11) is 0. The van der Waals surface area contributed by atoms with Gasteiger partial charge in [0.15, 0.2) is 0 Å². The molecule has 0 saturated heterocycles. The van der Waals surface area contributed by atoms with Crippen LogP contribution in [0.3, 0.4) is 0 Å². The van der Waals surface area contributed by atoms with Crippen LogP contribution in [0.4, 0.5) is 0 Å². The quantitative estimate of drug-likeness (QED) is 0.320. The zero-order valence-corrected chi connectivity index (χ0v) is 16.9. The molecule has 4 aromatic carbocycles. The third-order valence-corrected chi connectivity index (χ3v) is 5.32. The minimum absolute atomic E-state index is 0.988. The Morgan fingerprint density at radius 3 is 1.67 bits per heavy atom. The molecule has 30 heavy (non-hydrogen) atoms. The fourth-order valence-electron chi connectivity index (χ4n) is 3.83. The summed E-state index contributed by atoms with van der Waals surface area (Å²) < 4.78 is 2.08. The van der Waals surface area contributed by atoms with Gasteiger partial charge < -0.3 is 0 Å². The van der Waals surface area contributed by atoms with E-state index in [1.54, 1.807) is 0 Å². The van der Waals surface area contributed by atoms with Gasteiger partial charge in [0, 0.05) is 16.7 Å². The second-order valence-corrected chi connectivity index (χ2v) is 7.42. The molecule has 1 aromatic heterocycles. The highest BCUT2D eigenvalue weighted by Gasteiger charge is 2.22. The smallest absolute Gasteiger partial charge is 0.101 e. The number of hydrogen-bond acceptors (Lipinski definition) is 1. The summed E-state index contributed by atoms with van der Waals surface area (Å²) >= 11 is 0. The predicted octanol–water partition coefficient (Wildman–Crippen LogP) is 7.18. The SMILES string of the molecule is Cc1ccc(-c2c(-c3ccccc3)nn(-c3ccccc3)c2-c2ccccc2)cc1. The number of aromatic nitrogens is 2. The highest BCUT2D eigenvalue weighted by molar-refractivity contribution is 5.92. The Morgan fingerprint density at radius 2 is 1.07 bits per heavy atom. The summed E-state index contributed by atoms with van der Waals surface area (Å²) in [5, 5.41) is 5.14. The van der Waals surface area contributed by atoms with E-state index in [9.17, 15) is 0 Å². The molecule has 0 fully saturated rings. The molecule has 0 aliphatic rings. The number of nitrogens with zero attached hydrogens (tertiary/aromatic N) is 2. The predicted molar refractivity (Wildman–Crippen MR) is 125 cm³/mol. The van der Waals surface area contributed by atoms with Gasteiger partial charge in [-0.2, -0.15) is 5.10 Å². The molecule has 0 bridgehead atoms. The van der Waals surface area contributed by atoms with E-state index in [1.165, 1.54) is 11.1 Å². The molecule has 0 N–H and O–H groups in total. The highest BCUT2D eigenvalue weighted by Crippen LogP contribution is 2.41. The van der Waals surface area contributed by atoms with Crippen LogP contribution >= 0.6 is 0 Å². The Balaban J connectivity index is 1.88. The second kappa shape index (κ2) is 7.84. The third kappa shape index (κ3) is 3.33. The molecule has 0 aliphatic carbocycles. The Labute approximate surface area is 177 Å². The van der Waals surface area contributed by atoms with Gasteiger partial charge in [-0.1, -0.05) is 109 Å². The van der Waals surface area contributed by atoms with E-state index in [-0.39, 0.29) is 0 Å². The fourth-order valence-corrected chi connectivity index (χ4v) is 3.83. The lowest BCUT2D eigenvalue weighted by Crippen LogP contribution is -1.99. The van der Waals surface area contributed by atoms with E-state index >= 15 is 0 Å². The first-order valence-electron chi connectivity index (χ1n) is 10.2. The van der Waals surface area contributed by atoms with Crippen molar-refractivity contribution in [1.82, 2.24) is 9.78 Å². The summed E-state index contributed by atoms with van der Waals surface area (Å²) in [6, 6.07) is 40.0. The number of benzene rings is 4. The summed E-state index contributed by atoms with van der Waals surface area (Å²) in [5.74, 6) is 0. The number of para-hydroxylation sites is 1. The van der Waals surface area contributed by atoms with Crippen LogP contribution in [-0.2, 0) is 0 Å². The molecule has 144 valence electrons. The van der Waals surface area contributed by atoms with Gasteiger partial charge in [-0.05, 0) is 24.6 Å². The average molecular weight is 386 g/mol. The molecule has 0 spiro atoms. The Hall–Kier alpha value is -3.91. The molecule has 0 radical (unpaired) electrons. The first kappa shape index (κ1) is 18.1. The van der Waals surface area contributed by atoms with Gasteiger partial charge in [-0.3, -0.25) is 0 Å². The van der Waals surface area contributed by atoms with Crippen molar-refractivity contribution >= 4 is 0 Å². The van der Waals surface area contributed by atoms with Crippen LogP contribution in [0.5, 0.6) is 0 Å². The maximum atomic E-state index is 5.14. The Morgan fingerprint density at radius 1 is 0.533 bits per heavy atom. The van der Waals surface area contributed by atoms with Crippen molar-refractivity contribution < 1.29 is 0 Å². The summed E-state index contributed by atoms with van der Waals surface area (Å²) in [4.78, 5) is 0. The number of aryl methyl sites for hydroxylation is 1. The minimum Gasteiger partial charge on any atom is -0.232 e. The van der Waals surface area contributed by atoms with Crippen molar-refractivity contribution in [2.75, 3.05) is 0 Å². The lowest BCUT2D eigenvalue weighted by molar-refractivity contribution is 0.892. The maximum absolute atomic E-state index is 5.14. The zero-order chi connectivity index (χ0) is 20.3. The van der Waals surface area contributed by atoms with Crippen molar-refractivity contribution in [2.24, 2.45) is 0 Å². The van der Waals surface area contributed by atoms with E-state index in [1.807, 2.05) is 12.1 Å². The molecule has 0 amide bonds. The van der Waals surface area contributed by atoms with Crippen LogP contribution in [0.2, 0.25) is 0 Å². The monoisotopic (exact) mass is 386 g/mol. The van der Waals surface area contributed by atoms with Crippen molar-refractivity contribution in [1.29, 1.82) is 0 Å². The van der Waals surface area contributed by atoms with Crippen molar-refractivity contribution in [3.63, 3.8) is 0 Å². The molecule has 0 atom stereocenters. The van der Waals surface area contributed by atoms with E-state index in [4.69, 9.17) is 5.10 Å². The van der Waals surface area contributed by atoms with Gasteiger partial charge in [0.2, 0.25) is 0 Å². The first-order chi connectivity index (χ1) is 14.8.